The second kappa shape index (κ2) is 6.30. The summed E-state index contributed by atoms with van der Waals surface area (Å²) >= 11 is 0. The van der Waals surface area contributed by atoms with E-state index in [1.165, 1.54) is 12.8 Å². The number of nitrogens with one attached hydrogen (secondary N) is 1. The van der Waals surface area contributed by atoms with Crippen molar-refractivity contribution < 1.29 is 0 Å². The number of H-pyrrole nitrogens is 1. The van der Waals surface area contributed by atoms with Gasteiger partial charge in [0, 0.05) is 31.1 Å². The van der Waals surface area contributed by atoms with Crippen LogP contribution in [0.1, 0.15) is 55.9 Å². The van der Waals surface area contributed by atoms with Gasteiger partial charge >= 0.3 is 0 Å². The van der Waals surface area contributed by atoms with E-state index in [9.17, 15) is 0 Å². The topological polar surface area (TPSA) is 70.6 Å². The highest BCUT2D eigenvalue weighted by Crippen LogP contribution is 2.24. The van der Waals surface area contributed by atoms with E-state index in [1.54, 1.807) is 6.33 Å². The molecular weight excluding hydrogens is 264 g/mol. The normalized spacial score (nSPS) is 20.0. The van der Waals surface area contributed by atoms with E-state index in [-0.39, 0.29) is 0 Å². The van der Waals surface area contributed by atoms with E-state index in [2.05, 4.69) is 43.9 Å². The van der Waals surface area contributed by atoms with Crippen LogP contribution in [0, 0.1) is 0 Å². The number of hydrogen-bond acceptors (Lipinski definition) is 5. The highest BCUT2D eigenvalue weighted by Gasteiger charge is 2.23. The number of hydrogen-bond donors (Lipinski definition) is 1. The Morgan fingerprint density at radius 3 is 3.05 bits per heavy atom. The average molecular weight is 286 g/mol. The summed E-state index contributed by atoms with van der Waals surface area (Å²) in [4.78, 5) is 15.7. The molecule has 1 N–H and O–H groups in total. The molecule has 1 fully saturated rings. The van der Waals surface area contributed by atoms with Crippen molar-refractivity contribution in [2.75, 3.05) is 13.1 Å². The Hall–Kier alpha value is -1.82. The number of likely N-dealkylation sites (tertiary alicyclic amines) is 1. The number of aromatic amines is 1. The lowest BCUT2D eigenvalue weighted by Crippen LogP contribution is -2.34. The maximum Gasteiger partial charge on any atom is 0.137 e. The summed E-state index contributed by atoms with van der Waals surface area (Å²) in [6, 6.07) is 2.02. The zero-order chi connectivity index (χ0) is 14.7. The van der Waals surface area contributed by atoms with E-state index >= 15 is 0 Å². The summed E-state index contributed by atoms with van der Waals surface area (Å²) in [6.45, 7) is 7.26. The molecule has 1 aliphatic heterocycles. The monoisotopic (exact) mass is 286 g/mol. The predicted octanol–water partition coefficient (Wildman–Crippen LogP) is 2.10. The van der Waals surface area contributed by atoms with Gasteiger partial charge in [-0.15, -0.1) is 0 Å². The zero-order valence-corrected chi connectivity index (χ0v) is 12.7. The van der Waals surface area contributed by atoms with Gasteiger partial charge in [0.05, 0.1) is 5.69 Å². The van der Waals surface area contributed by atoms with Crippen LogP contribution in [0.5, 0.6) is 0 Å². The zero-order valence-electron chi connectivity index (χ0n) is 12.7. The average Bonchev–Trinajstić information content (AvgIpc) is 3.02. The summed E-state index contributed by atoms with van der Waals surface area (Å²) in [5.41, 5.74) is 1.10. The third-order valence-electron chi connectivity index (χ3n) is 3.96. The standard InChI is InChI=1S/C15H22N6/c1-11(2)14-16-6-5-13(19-14)9-21-7-3-4-12(8-21)15-17-10-18-20-15/h5-6,10-12H,3-4,7-9H2,1-2H3,(H,17,18,20)/t12-/m1/s1. The molecule has 1 atom stereocenters. The van der Waals surface area contributed by atoms with E-state index < -0.39 is 0 Å². The molecule has 0 saturated carbocycles. The SMILES string of the molecule is CC(C)c1nccc(CN2CCC[C@@H](c3ncn[nH]3)C2)n1. The van der Waals surface area contributed by atoms with Crippen LogP contribution in [-0.4, -0.2) is 43.1 Å². The lowest BCUT2D eigenvalue weighted by atomic mass is 9.97. The van der Waals surface area contributed by atoms with Gasteiger partial charge in [0.25, 0.3) is 0 Å². The van der Waals surface area contributed by atoms with Gasteiger partial charge < -0.3 is 0 Å². The first-order chi connectivity index (χ1) is 10.2. The fourth-order valence-corrected chi connectivity index (χ4v) is 2.84. The van der Waals surface area contributed by atoms with Crippen LogP contribution in [0.3, 0.4) is 0 Å². The first kappa shape index (κ1) is 14.1. The molecule has 0 unspecified atom stereocenters. The Labute approximate surface area is 125 Å². The van der Waals surface area contributed by atoms with Crippen LogP contribution < -0.4 is 0 Å². The molecule has 0 spiro atoms. The molecule has 0 radical (unpaired) electrons. The molecule has 1 aliphatic rings. The summed E-state index contributed by atoms with van der Waals surface area (Å²) in [6.07, 6.45) is 5.82. The maximum atomic E-state index is 4.67. The van der Waals surface area contributed by atoms with Gasteiger partial charge in [-0.05, 0) is 25.5 Å². The third-order valence-corrected chi connectivity index (χ3v) is 3.96. The van der Waals surface area contributed by atoms with Gasteiger partial charge in [0.15, 0.2) is 0 Å². The number of rotatable bonds is 4. The Morgan fingerprint density at radius 2 is 2.29 bits per heavy atom. The molecule has 0 aromatic carbocycles. The van der Waals surface area contributed by atoms with Crippen LogP contribution in [0.25, 0.3) is 0 Å². The minimum atomic E-state index is 0.369. The van der Waals surface area contributed by atoms with Crippen LogP contribution >= 0.6 is 0 Å². The molecule has 112 valence electrons. The Balaban J connectivity index is 1.66. The van der Waals surface area contributed by atoms with Gasteiger partial charge in [-0.1, -0.05) is 13.8 Å². The lowest BCUT2D eigenvalue weighted by molar-refractivity contribution is 0.194. The molecular formula is C15H22N6. The van der Waals surface area contributed by atoms with Crippen molar-refractivity contribution in [3.8, 4) is 0 Å². The summed E-state index contributed by atoms with van der Waals surface area (Å²) in [7, 11) is 0. The second-order valence-electron chi connectivity index (χ2n) is 6.01. The summed E-state index contributed by atoms with van der Waals surface area (Å²) in [5.74, 6) is 2.75. The predicted molar refractivity (Wildman–Crippen MR) is 79.8 cm³/mol. The molecule has 0 aliphatic carbocycles. The van der Waals surface area contributed by atoms with Gasteiger partial charge in [-0.3, -0.25) is 10.00 Å². The van der Waals surface area contributed by atoms with E-state index in [1.807, 2.05) is 12.3 Å². The molecule has 6 nitrogen and oxygen atoms in total. The molecule has 2 aromatic heterocycles. The third kappa shape index (κ3) is 3.44. The minimum absolute atomic E-state index is 0.369. The largest absolute Gasteiger partial charge is 0.297 e. The molecule has 0 amide bonds. The molecule has 6 heteroatoms. The number of piperidine rings is 1. The summed E-state index contributed by atoms with van der Waals surface area (Å²) in [5, 5.41) is 6.96. The fourth-order valence-electron chi connectivity index (χ4n) is 2.84. The molecule has 3 heterocycles. The first-order valence-electron chi connectivity index (χ1n) is 7.62. The molecule has 1 saturated heterocycles. The highest BCUT2D eigenvalue weighted by molar-refractivity contribution is 5.06. The van der Waals surface area contributed by atoms with Crippen LogP contribution in [0.2, 0.25) is 0 Å². The van der Waals surface area contributed by atoms with Gasteiger partial charge in [0.2, 0.25) is 0 Å². The first-order valence-corrected chi connectivity index (χ1v) is 7.62. The van der Waals surface area contributed by atoms with Crippen molar-refractivity contribution in [3.63, 3.8) is 0 Å². The molecule has 3 rings (SSSR count). The van der Waals surface area contributed by atoms with Crippen molar-refractivity contribution in [2.24, 2.45) is 0 Å². The molecule has 2 aromatic rings. The maximum absolute atomic E-state index is 4.67. The van der Waals surface area contributed by atoms with E-state index in [0.29, 0.717) is 11.8 Å². The Morgan fingerprint density at radius 1 is 1.38 bits per heavy atom. The molecule has 21 heavy (non-hydrogen) atoms. The van der Waals surface area contributed by atoms with Crippen molar-refractivity contribution in [1.29, 1.82) is 0 Å². The van der Waals surface area contributed by atoms with Crippen molar-refractivity contribution in [2.45, 2.75) is 45.1 Å². The van der Waals surface area contributed by atoms with Crippen molar-refractivity contribution in [1.82, 2.24) is 30.0 Å². The quantitative estimate of drug-likeness (QED) is 0.932. The fraction of sp³-hybridized carbons (Fsp3) is 0.600. The Bertz CT molecular complexity index is 565. The van der Waals surface area contributed by atoms with Crippen LogP contribution in [0.15, 0.2) is 18.6 Å². The van der Waals surface area contributed by atoms with Gasteiger partial charge in [-0.2, -0.15) is 5.10 Å². The summed E-state index contributed by atoms with van der Waals surface area (Å²) < 4.78 is 0. The smallest absolute Gasteiger partial charge is 0.137 e. The van der Waals surface area contributed by atoms with Crippen LogP contribution in [-0.2, 0) is 6.54 Å². The number of aromatic nitrogens is 5. The van der Waals surface area contributed by atoms with Crippen molar-refractivity contribution >= 4 is 0 Å². The van der Waals surface area contributed by atoms with Crippen LogP contribution in [0.4, 0.5) is 0 Å². The van der Waals surface area contributed by atoms with Gasteiger partial charge in [0.1, 0.15) is 18.0 Å². The van der Waals surface area contributed by atoms with Crippen molar-refractivity contribution in [3.05, 3.63) is 35.9 Å². The van der Waals surface area contributed by atoms with E-state index in [4.69, 9.17) is 0 Å². The van der Waals surface area contributed by atoms with E-state index in [0.717, 1.165) is 37.0 Å². The highest BCUT2D eigenvalue weighted by atomic mass is 15.2. The second-order valence-corrected chi connectivity index (χ2v) is 6.01. The minimum Gasteiger partial charge on any atom is -0.297 e. The lowest BCUT2D eigenvalue weighted by Gasteiger charge is -2.31. The number of nitrogens with zero attached hydrogens (tertiary/aromatic N) is 5. The Kier molecular flexibility index (Phi) is 4.24. The molecule has 0 bridgehead atoms. The van der Waals surface area contributed by atoms with Gasteiger partial charge in [-0.25, -0.2) is 15.0 Å².